The van der Waals surface area contributed by atoms with Crippen LogP contribution in [0.25, 0.3) is 5.69 Å². The van der Waals surface area contributed by atoms with Crippen LogP contribution in [0.4, 0.5) is 0 Å². The van der Waals surface area contributed by atoms with E-state index in [2.05, 4.69) is 27.1 Å². The van der Waals surface area contributed by atoms with Crippen molar-refractivity contribution in [3.05, 3.63) is 46.2 Å². The maximum absolute atomic E-state index is 8.67. The van der Waals surface area contributed by atoms with Crippen LogP contribution in [0.1, 0.15) is 11.3 Å². The highest BCUT2D eigenvalue weighted by Crippen LogP contribution is 2.18. The lowest BCUT2D eigenvalue weighted by Gasteiger charge is -2.05. The summed E-state index contributed by atoms with van der Waals surface area (Å²) in [5.41, 5.74) is 2.98. The molecule has 0 saturated heterocycles. The first-order chi connectivity index (χ1) is 7.72. The number of nitriles is 1. The molecule has 0 amide bonds. The zero-order valence-electron chi connectivity index (χ0n) is 8.81. The lowest BCUT2D eigenvalue weighted by atomic mass is 10.2. The quantitative estimate of drug-likeness (QED) is 0.846. The van der Waals surface area contributed by atoms with Gasteiger partial charge in [0.05, 0.1) is 24.4 Å². The smallest absolute Gasteiger partial charge is 0.0671 e. The Labute approximate surface area is 102 Å². The van der Waals surface area contributed by atoms with Crippen molar-refractivity contribution in [2.45, 2.75) is 13.3 Å². The Kier molecular flexibility index (Phi) is 3.07. The van der Waals surface area contributed by atoms with Gasteiger partial charge in [-0.3, -0.25) is 0 Å². The molecule has 80 valence electrons. The van der Waals surface area contributed by atoms with Gasteiger partial charge in [-0.05, 0) is 25.1 Å². The Bertz CT molecular complexity index is 552. The van der Waals surface area contributed by atoms with Gasteiger partial charge in [-0.2, -0.15) is 10.4 Å². The third-order valence-corrected chi connectivity index (χ3v) is 2.93. The topological polar surface area (TPSA) is 41.6 Å². The van der Waals surface area contributed by atoms with Crippen LogP contribution in [-0.2, 0) is 6.42 Å². The van der Waals surface area contributed by atoms with Gasteiger partial charge >= 0.3 is 0 Å². The van der Waals surface area contributed by atoms with Crippen molar-refractivity contribution in [2.24, 2.45) is 0 Å². The summed E-state index contributed by atoms with van der Waals surface area (Å²) in [6, 6.07) is 10.1. The van der Waals surface area contributed by atoms with E-state index in [9.17, 15) is 0 Å². The predicted octanol–water partition coefficient (Wildman–Crippen LogP) is 3.01. The van der Waals surface area contributed by atoms with E-state index in [4.69, 9.17) is 5.26 Å². The minimum Gasteiger partial charge on any atom is -0.238 e. The molecule has 0 spiro atoms. The second kappa shape index (κ2) is 4.50. The molecule has 2 aromatic rings. The second-order valence-corrected chi connectivity index (χ2v) is 4.40. The van der Waals surface area contributed by atoms with Crippen molar-refractivity contribution in [3.63, 3.8) is 0 Å². The fourth-order valence-corrected chi connectivity index (χ4v) is 1.96. The minimum absolute atomic E-state index is 0.403. The van der Waals surface area contributed by atoms with E-state index in [1.54, 1.807) is 6.20 Å². The zero-order chi connectivity index (χ0) is 11.5. The molecule has 0 fully saturated rings. The molecular formula is C12H10BrN3. The van der Waals surface area contributed by atoms with Crippen LogP contribution in [0.5, 0.6) is 0 Å². The summed E-state index contributed by atoms with van der Waals surface area (Å²) in [5.74, 6) is 0. The highest BCUT2D eigenvalue weighted by Gasteiger charge is 2.07. The highest BCUT2D eigenvalue weighted by atomic mass is 79.9. The molecule has 0 saturated carbocycles. The lowest BCUT2D eigenvalue weighted by molar-refractivity contribution is 0.844. The van der Waals surface area contributed by atoms with E-state index < -0.39 is 0 Å². The summed E-state index contributed by atoms with van der Waals surface area (Å²) in [6.45, 7) is 1.97. The fourth-order valence-electron chi connectivity index (χ4n) is 1.57. The highest BCUT2D eigenvalue weighted by molar-refractivity contribution is 9.10. The Morgan fingerprint density at radius 1 is 1.50 bits per heavy atom. The standard InChI is InChI=1S/C12H10BrN3/c1-9-10(5-6-14)8-15-16(9)12-4-2-3-11(13)7-12/h2-4,7-8H,5H2,1H3. The molecule has 3 nitrogen and oxygen atoms in total. The lowest BCUT2D eigenvalue weighted by Crippen LogP contribution is -1.99. The molecule has 1 heterocycles. The van der Waals surface area contributed by atoms with Crippen LogP contribution in [0.3, 0.4) is 0 Å². The molecular weight excluding hydrogens is 266 g/mol. The molecule has 0 bridgehead atoms. The largest absolute Gasteiger partial charge is 0.238 e. The SMILES string of the molecule is Cc1c(CC#N)cnn1-c1cccc(Br)c1. The summed E-state index contributed by atoms with van der Waals surface area (Å²) < 4.78 is 2.86. The predicted molar refractivity (Wildman–Crippen MR) is 65.3 cm³/mol. The van der Waals surface area contributed by atoms with Gasteiger partial charge < -0.3 is 0 Å². The maximum atomic E-state index is 8.67. The van der Waals surface area contributed by atoms with Gasteiger partial charge in [0.25, 0.3) is 0 Å². The minimum atomic E-state index is 0.403. The second-order valence-electron chi connectivity index (χ2n) is 3.48. The summed E-state index contributed by atoms with van der Waals surface area (Å²) in [4.78, 5) is 0. The number of halogens is 1. The molecule has 0 aliphatic carbocycles. The third kappa shape index (κ3) is 2.00. The molecule has 0 N–H and O–H groups in total. The van der Waals surface area contributed by atoms with Gasteiger partial charge in [0, 0.05) is 15.7 Å². The van der Waals surface area contributed by atoms with Crippen LogP contribution < -0.4 is 0 Å². The maximum Gasteiger partial charge on any atom is 0.0671 e. The summed E-state index contributed by atoms with van der Waals surface area (Å²) >= 11 is 3.43. The van der Waals surface area contributed by atoms with E-state index in [0.717, 1.165) is 21.4 Å². The molecule has 1 aromatic carbocycles. The Morgan fingerprint density at radius 2 is 2.31 bits per heavy atom. The van der Waals surface area contributed by atoms with E-state index in [1.165, 1.54) is 0 Å². The van der Waals surface area contributed by atoms with E-state index in [1.807, 2.05) is 35.9 Å². The molecule has 0 radical (unpaired) electrons. The Hall–Kier alpha value is -1.60. The summed E-state index contributed by atoms with van der Waals surface area (Å²) in [5, 5.41) is 13.0. The number of hydrogen-bond donors (Lipinski definition) is 0. The fraction of sp³-hybridized carbons (Fsp3) is 0.167. The monoisotopic (exact) mass is 275 g/mol. The van der Waals surface area contributed by atoms with Crippen molar-refractivity contribution in [1.82, 2.24) is 9.78 Å². The van der Waals surface area contributed by atoms with Crippen molar-refractivity contribution in [1.29, 1.82) is 5.26 Å². The molecule has 0 aliphatic rings. The first kappa shape index (κ1) is 10.9. The Morgan fingerprint density at radius 3 is 3.00 bits per heavy atom. The summed E-state index contributed by atoms with van der Waals surface area (Å²) in [6.07, 6.45) is 2.15. The molecule has 1 aromatic heterocycles. The molecule has 16 heavy (non-hydrogen) atoms. The van der Waals surface area contributed by atoms with Gasteiger partial charge in [-0.25, -0.2) is 4.68 Å². The van der Waals surface area contributed by atoms with Gasteiger partial charge in [-0.1, -0.05) is 22.0 Å². The van der Waals surface area contributed by atoms with Crippen LogP contribution in [0.2, 0.25) is 0 Å². The molecule has 0 atom stereocenters. The third-order valence-electron chi connectivity index (χ3n) is 2.43. The average Bonchev–Trinajstić information content (AvgIpc) is 2.61. The number of rotatable bonds is 2. The van der Waals surface area contributed by atoms with E-state index >= 15 is 0 Å². The molecule has 4 heteroatoms. The average molecular weight is 276 g/mol. The van der Waals surface area contributed by atoms with E-state index in [0.29, 0.717) is 6.42 Å². The Balaban J connectivity index is 2.46. The first-order valence-electron chi connectivity index (χ1n) is 4.89. The summed E-state index contributed by atoms with van der Waals surface area (Å²) in [7, 11) is 0. The van der Waals surface area contributed by atoms with Crippen LogP contribution in [0.15, 0.2) is 34.9 Å². The molecule has 0 unspecified atom stereocenters. The normalized spacial score (nSPS) is 10.1. The zero-order valence-corrected chi connectivity index (χ0v) is 10.4. The number of benzene rings is 1. The van der Waals surface area contributed by atoms with Gasteiger partial charge in [-0.15, -0.1) is 0 Å². The van der Waals surface area contributed by atoms with Crippen molar-refractivity contribution in [3.8, 4) is 11.8 Å². The van der Waals surface area contributed by atoms with Gasteiger partial charge in [0.15, 0.2) is 0 Å². The first-order valence-corrected chi connectivity index (χ1v) is 5.68. The van der Waals surface area contributed by atoms with Gasteiger partial charge in [0.1, 0.15) is 0 Å². The molecule has 2 rings (SSSR count). The van der Waals surface area contributed by atoms with Crippen LogP contribution in [0, 0.1) is 18.3 Å². The van der Waals surface area contributed by atoms with Gasteiger partial charge in [0.2, 0.25) is 0 Å². The van der Waals surface area contributed by atoms with E-state index in [-0.39, 0.29) is 0 Å². The van der Waals surface area contributed by atoms with Crippen molar-refractivity contribution >= 4 is 15.9 Å². The van der Waals surface area contributed by atoms with Crippen molar-refractivity contribution in [2.75, 3.05) is 0 Å². The van der Waals surface area contributed by atoms with Crippen molar-refractivity contribution < 1.29 is 0 Å². The number of aromatic nitrogens is 2. The van der Waals surface area contributed by atoms with Crippen LogP contribution >= 0.6 is 15.9 Å². The molecule has 0 aliphatic heterocycles. The van der Waals surface area contributed by atoms with Crippen LogP contribution in [-0.4, -0.2) is 9.78 Å². The number of hydrogen-bond acceptors (Lipinski definition) is 2. The number of nitrogens with zero attached hydrogens (tertiary/aromatic N) is 3.